The molecule has 1 aromatic rings. The number of fused-ring (bicyclic) bond motifs is 1. The largest absolute Gasteiger partial charge is 0.351 e. The zero-order valence-electron chi connectivity index (χ0n) is 14.4. The molecule has 2 aliphatic rings. The van der Waals surface area contributed by atoms with Gasteiger partial charge in [0.1, 0.15) is 11.9 Å². The van der Waals surface area contributed by atoms with Crippen LogP contribution in [0, 0.1) is 0 Å². The van der Waals surface area contributed by atoms with Gasteiger partial charge in [-0.3, -0.25) is 24.1 Å². The van der Waals surface area contributed by atoms with Crippen LogP contribution in [0.25, 0.3) is 0 Å². The second kappa shape index (κ2) is 7.45. The summed E-state index contributed by atoms with van der Waals surface area (Å²) in [7, 11) is 0. The molecule has 1 atom stereocenters. The number of carbonyl (C=O) groups excluding carboxylic acids is 4. The Labute approximate surface area is 156 Å². The molecule has 7 nitrogen and oxygen atoms in total. The lowest BCUT2D eigenvalue weighted by atomic mass is 10.0. The number of alkyl halides is 1. The van der Waals surface area contributed by atoms with Gasteiger partial charge in [-0.05, 0) is 31.9 Å². The summed E-state index contributed by atoms with van der Waals surface area (Å²) in [5.74, 6) is -1.43. The minimum Gasteiger partial charge on any atom is -0.351 e. The molecule has 1 saturated heterocycles. The Morgan fingerprint density at radius 2 is 1.69 bits per heavy atom. The second-order valence-corrected chi connectivity index (χ2v) is 6.77. The number of likely N-dealkylation sites (tertiary alicyclic amines) is 1. The van der Waals surface area contributed by atoms with Gasteiger partial charge < -0.3 is 10.2 Å². The first kappa shape index (κ1) is 18.4. The van der Waals surface area contributed by atoms with Gasteiger partial charge in [0.05, 0.1) is 11.1 Å². The van der Waals surface area contributed by atoms with Gasteiger partial charge in [0.15, 0.2) is 0 Å². The molecule has 138 valence electrons. The first-order chi connectivity index (χ1) is 12.4. The van der Waals surface area contributed by atoms with Crippen LogP contribution in [0.2, 0.25) is 0 Å². The lowest BCUT2D eigenvalue weighted by Gasteiger charge is -2.33. The highest BCUT2D eigenvalue weighted by molar-refractivity contribution is 6.27. The van der Waals surface area contributed by atoms with Crippen LogP contribution in [0.1, 0.15) is 40.5 Å². The van der Waals surface area contributed by atoms with Crippen molar-refractivity contribution in [2.45, 2.75) is 31.8 Å². The van der Waals surface area contributed by atoms with Crippen LogP contribution in [-0.2, 0) is 9.59 Å². The molecular formula is C18H20ClN3O4. The van der Waals surface area contributed by atoms with Gasteiger partial charge in [0, 0.05) is 19.1 Å². The minimum absolute atomic E-state index is 0.0478. The summed E-state index contributed by atoms with van der Waals surface area (Å²) in [6, 6.07) is 5.56. The zero-order chi connectivity index (χ0) is 18.8. The molecule has 8 heteroatoms. The topological polar surface area (TPSA) is 86.8 Å². The maximum Gasteiger partial charge on any atom is 0.262 e. The molecule has 26 heavy (non-hydrogen) atoms. The van der Waals surface area contributed by atoms with E-state index < -0.39 is 17.9 Å². The van der Waals surface area contributed by atoms with Crippen molar-refractivity contribution in [3.05, 3.63) is 35.4 Å². The number of rotatable bonds is 4. The summed E-state index contributed by atoms with van der Waals surface area (Å²) in [6.07, 6.45) is 1.23. The third-order valence-electron chi connectivity index (χ3n) is 4.90. The van der Waals surface area contributed by atoms with Crippen LogP contribution in [0.15, 0.2) is 24.3 Å². The van der Waals surface area contributed by atoms with E-state index >= 15 is 0 Å². The number of nitrogens with one attached hydrogen (secondary N) is 1. The van der Waals surface area contributed by atoms with Crippen LogP contribution in [0.3, 0.4) is 0 Å². The Morgan fingerprint density at radius 1 is 1.15 bits per heavy atom. The van der Waals surface area contributed by atoms with Gasteiger partial charge in [-0.1, -0.05) is 12.1 Å². The molecule has 1 fully saturated rings. The van der Waals surface area contributed by atoms with Gasteiger partial charge in [-0.2, -0.15) is 0 Å². The van der Waals surface area contributed by atoms with Crippen molar-refractivity contribution >= 4 is 35.2 Å². The molecule has 0 aliphatic carbocycles. The first-order valence-corrected chi connectivity index (χ1v) is 9.08. The van der Waals surface area contributed by atoms with Gasteiger partial charge in [0.2, 0.25) is 11.8 Å². The Balaban J connectivity index is 1.60. The molecular weight excluding hydrogens is 358 g/mol. The summed E-state index contributed by atoms with van der Waals surface area (Å²) >= 11 is 5.56. The quantitative estimate of drug-likeness (QED) is 0.627. The molecule has 4 amide bonds. The standard InChI is InChI=1S/C18H20ClN3O4/c1-11(22-17(25)13-4-2-3-5-14(13)18(22)26)16(24)20-12-6-8-21(9-7-12)15(23)10-19/h2-5,11-12H,6-10H2,1H3,(H,20,24). The first-order valence-electron chi connectivity index (χ1n) is 8.55. The van der Waals surface area contributed by atoms with E-state index in [0.717, 1.165) is 4.90 Å². The molecule has 3 rings (SSSR count). The smallest absolute Gasteiger partial charge is 0.262 e. The van der Waals surface area contributed by atoms with E-state index in [1.165, 1.54) is 0 Å². The van der Waals surface area contributed by atoms with E-state index in [9.17, 15) is 19.2 Å². The molecule has 2 heterocycles. The van der Waals surface area contributed by atoms with Crippen molar-refractivity contribution in [2.24, 2.45) is 0 Å². The number of amides is 4. The maximum atomic E-state index is 12.6. The van der Waals surface area contributed by atoms with E-state index in [1.54, 1.807) is 36.1 Å². The summed E-state index contributed by atoms with van der Waals surface area (Å²) < 4.78 is 0. The molecule has 2 aliphatic heterocycles. The molecule has 0 spiro atoms. The average molecular weight is 378 g/mol. The Bertz CT molecular complexity index is 724. The van der Waals surface area contributed by atoms with Gasteiger partial charge in [-0.15, -0.1) is 11.6 Å². The van der Waals surface area contributed by atoms with Crippen LogP contribution < -0.4 is 5.32 Å². The molecule has 0 radical (unpaired) electrons. The minimum atomic E-state index is -0.898. The number of carbonyl (C=O) groups is 4. The number of hydrogen-bond acceptors (Lipinski definition) is 4. The van der Waals surface area contributed by atoms with Crippen molar-refractivity contribution in [1.82, 2.24) is 15.1 Å². The van der Waals surface area contributed by atoms with Gasteiger partial charge in [0.25, 0.3) is 11.8 Å². The lowest BCUT2D eigenvalue weighted by Crippen LogP contribution is -2.53. The number of nitrogens with zero attached hydrogens (tertiary/aromatic N) is 2. The van der Waals surface area contributed by atoms with E-state index in [-0.39, 0.29) is 23.7 Å². The van der Waals surface area contributed by atoms with Crippen LogP contribution in [-0.4, -0.2) is 64.5 Å². The number of halogens is 1. The molecule has 1 aromatic carbocycles. The van der Waals surface area contributed by atoms with Crippen LogP contribution >= 0.6 is 11.6 Å². The SMILES string of the molecule is CC(C(=O)NC1CCN(C(=O)CCl)CC1)N1C(=O)c2ccccc2C1=O. The number of benzene rings is 1. The fourth-order valence-corrected chi connectivity index (χ4v) is 3.53. The predicted octanol–water partition coefficient (Wildman–Crippen LogP) is 1.02. The van der Waals surface area contributed by atoms with Crippen molar-refractivity contribution in [1.29, 1.82) is 0 Å². The predicted molar refractivity (Wildman–Crippen MR) is 94.9 cm³/mol. The fourth-order valence-electron chi connectivity index (χ4n) is 3.36. The monoisotopic (exact) mass is 377 g/mol. The fraction of sp³-hybridized carbons (Fsp3) is 0.444. The Kier molecular flexibility index (Phi) is 5.27. The number of imide groups is 1. The second-order valence-electron chi connectivity index (χ2n) is 6.50. The van der Waals surface area contributed by atoms with E-state index in [1.807, 2.05) is 0 Å². The summed E-state index contributed by atoms with van der Waals surface area (Å²) in [5.41, 5.74) is 0.648. The number of hydrogen-bond donors (Lipinski definition) is 1. The summed E-state index contributed by atoms with van der Waals surface area (Å²) in [5, 5.41) is 2.88. The third-order valence-corrected chi connectivity index (χ3v) is 5.13. The highest BCUT2D eigenvalue weighted by Crippen LogP contribution is 2.24. The Hall–Kier alpha value is -2.41. The summed E-state index contributed by atoms with van der Waals surface area (Å²) in [6.45, 7) is 2.60. The molecule has 0 bridgehead atoms. The van der Waals surface area contributed by atoms with Crippen molar-refractivity contribution in [2.75, 3.05) is 19.0 Å². The molecule has 0 saturated carbocycles. The van der Waals surface area contributed by atoms with Crippen molar-refractivity contribution < 1.29 is 19.2 Å². The van der Waals surface area contributed by atoms with E-state index in [4.69, 9.17) is 11.6 Å². The lowest BCUT2D eigenvalue weighted by molar-refractivity contribution is -0.130. The van der Waals surface area contributed by atoms with E-state index in [2.05, 4.69) is 5.32 Å². The van der Waals surface area contributed by atoms with Gasteiger partial charge >= 0.3 is 0 Å². The highest BCUT2D eigenvalue weighted by Gasteiger charge is 2.41. The highest BCUT2D eigenvalue weighted by atomic mass is 35.5. The van der Waals surface area contributed by atoms with Gasteiger partial charge in [-0.25, -0.2) is 0 Å². The van der Waals surface area contributed by atoms with Crippen molar-refractivity contribution in [3.63, 3.8) is 0 Å². The van der Waals surface area contributed by atoms with E-state index in [0.29, 0.717) is 37.1 Å². The molecule has 1 unspecified atom stereocenters. The van der Waals surface area contributed by atoms with Crippen LogP contribution in [0.4, 0.5) is 0 Å². The zero-order valence-corrected chi connectivity index (χ0v) is 15.2. The van der Waals surface area contributed by atoms with Crippen LogP contribution in [0.5, 0.6) is 0 Å². The molecule has 1 N–H and O–H groups in total. The average Bonchev–Trinajstić information content (AvgIpc) is 2.92. The Morgan fingerprint density at radius 3 is 2.19 bits per heavy atom. The van der Waals surface area contributed by atoms with Crippen molar-refractivity contribution in [3.8, 4) is 0 Å². The summed E-state index contributed by atoms with van der Waals surface area (Å²) in [4.78, 5) is 51.7. The maximum absolute atomic E-state index is 12.6. The molecule has 0 aromatic heterocycles. The number of piperidine rings is 1. The third kappa shape index (κ3) is 3.31. The normalized spacial score (nSPS) is 18.7.